The number of nitro groups is 1. The maximum Gasteiger partial charge on any atom is 0.269 e. The van der Waals surface area contributed by atoms with Crippen LogP contribution < -0.4 is 5.32 Å². The number of aryl methyl sites for hydroxylation is 1. The fraction of sp³-hybridized carbons (Fsp3) is 0.417. The van der Waals surface area contributed by atoms with Crippen LogP contribution in [0.15, 0.2) is 18.2 Å². The van der Waals surface area contributed by atoms with Crippen LogP contribution in [0.4, 0.5) is 5.69 Å². The number of non-ortho nitro benzene ring substituents is 1. The highest BCUT2D eigenvalue weighted by Gasteiger charge is 2.12. The molecule has 0 bridgehead atoms. The Morgan fingerprint density at radius 1 is 1.44 bits per heavy atom. The predicted molar refractivity (Wildman–Crippen MR) is 78.3 cm³/mol. The van der Waals surface area contributed by atoms with Gasteiger partial charge in [0.2, 0.25) is 0 Å². The van der Waals surface area contributed by atoms with E-state index in [2.05, 4.69) is 27.9 Å². The molecule has 0 heterocycles. The van der Waals surface area contributed by atoms with E-state index in [0.29, 0.717) is 17.7 Å². The number of unbranched alkanes of at least 4 members (excludes halogenated alkanes) is 1. The predicted octanol–water partition coefficient (Wildman–Crippen LogP) is 2.85. The van der Waals surface area contributed by atoms with Crippen LogP contribution in [-0.2, 0) is 0 Å². The van der Waals surface area contributed by atoms with Crippen molar-refractivity contribution < 1.29 is 9.72 Å². The van der Waals surface area contributed by atoms with Crippen molar-refractivity contribution in [3.8, 4) is 0 Å². The summed E-state index contributed by atoms with van der Waals surface area (Å²) in [4.78, 5) is 21.9. The third-order valence-corrected chi connectivity index (χ3v) is 3.27. The molecule has 1 rings (SSSR count). The molecule has 0 unspecified atom stereocenters. The first kappa shape index (κ1) is 14.9. The number of benzene rings is 1. The Hall–Kier alpha value is -1.18. The number of hydrogen-bond acceptors (Lipinski definition) is 3. The molecule has 98 valence electrons. The zero-order chi connectivity index (χ0) is 13.5. The van der Waals surface area contributed by atoms with Gasteiger partial charge in [0.15, 0.2) is 0 Å². The van der Waals surface area contributed by atoms with Crippen LogP contribution in [0.2, 0.25) is 0 Å². The zero-order valence-electron chi connectivity index (χ0n) is 10.1. The molecule has 1 N–H and O–H groups in total. The summed E-state index contributed by atoms with van der Waals surface area (Å²) in [7, 11) is 0. The third-order valence-electron chi connectivity index (χ3n) is 2.51. The highest BCUT2D eigenvalue weighted by atomic mass is 127. The Morgan fingerprint density at radius 3 is 2.72 bits per heavy atom. The van der Waals surface area contributed by atoms with E-state index >= 15 is 0 Å². The second-order valence-corrected chi connectivity index (χ2v) is 4.99. The van der Waals surface area contributed by atoms with Gasteiger partial charge in [-0.2, -0.15) is 0 Å². The Morgan fingerprint density at radius 2 is 2.17 bits per heavy atom. The molecule has 0 atom stereocenters. The lowest BCUT2D eigenvalue weighted by atomic mass is 10.1. The van der Waals surface area contributed by atoms with E-state index in [1.54, 1.807) is 6.92 Å². The number of halogens is 1. The summed E-state index contributed by atoms with van der Waals surface area (Å²) in [5.41, 5.74) is 1.12. The molecule has 0 aliphatic carbocycles. The summed E-state index contributed by atoms with van der Waals surface area (Å²) in [5, 5.41) is 13.4. The molecule has 0 radical (unpaired) electrons. The number of alkyl halides is 1. The zero-order valence-corrected chi connectivity index (χ0v) is 12.3. The number of nitrogens with zero attached hydrogens (tertiary/aromatic N) is 1. The molecule has 0 spiro atoms. The lowest BCUT2D eigenvalue weighted by molar-refractivity contribution is -0.384. The molecule has 0 aliphatic rings. The average Bonchev–Trinajstić information content (AvgIpc) is 2.34. The monoisotopic (exact) mass is 362 g/mol. The van der Waals surface area contributed by atoms with Gasteiger partial charge < -0.3 is 5.32 Å². The molecule has 5 nitrogen and oxygen atoms in total. The first-order valence-corrected chi connectivity index (χ1v) is 7.18. The van der Waals surface area contributed by atoms with Crippen LogP contribution in [0.1, 0.15) is 28.8 Å². The largest absolute Gasteiger partial charge is 0.352 e. The van der Waals surface area contributed by atoms with Crippen molar-refractivity contribution in [1.82, 2.24) is 5.32 Å². The summed E-state index contributed by atoms with van der Waals surface area (Å²) in [6.45, 7) is 2.34. The van der Waals surface area contributed by atoms with Crippen LogP contribution in [0.5, 0.6) is 0 Å². The minimum Gasteiger partial charge on any atom is -0.352 e. The van der Waals surface area contributed by atoms with Gasteiger partial charge in [0.1, 0.15) is 0 Å². The quantitative estimate of drug-likeness (QED) is 0.278. The maximum absolute atomic E-state index is 11.8. The van der Waals surface area contributed by atoms with Gasteiger partial charge in [-0.1, -0.05) is 22.6 Å². The highest BCUT2D eigenvalue weighted by Crippen LogP contribution is 2.16. The first-order valence-electron chi connectivity index (χ1n) is 5.65. The summed E-state index contributed by atoms with van der Waals surface area (Å²) < 4.78 is 1.07. The molecular formula is C12H15IN2O3. The topological polar surface area (TPSA) is 72.2 Å². The number of rotatable bonds is 6. The number of hydrogen-bond donors (Lipinski definition) is 1. The molecular weight excluding hydrogens is 347 g/mol. The van der Waals surface area contributed by atoms with Gasteiger partial charge in [-0.15, -0.1) is 0 Å². The summed E-state index contributed by atoms with van der Waals surface area (Å²) in [6, 6.07) is 4.27. The molecule has 0 fully saturated rings. The summed E-state index contributed by atoms with van der Waals surface area (Å²) in [6.07, 6.45) is 2.01. The van der Waals surface area contributed by atoms with Crippen molar-refractivity contribution in [3.05, 3.63) is 39.4 Å². The van der Waals surface area contributed by atoms with E-state index in [0.717, 1.165) is 17.3 Å². The van der Waals surface area contributed by atoms with Gasteiger partial charge in [-0.3, -0.25) is 14.9 Å². The van der Waals surface area contributed by atoms with Gasteiger partial charge in [0.25, 0.3) is 11.6 Å². The van der Waals surface area contributed by atoms with Crippen molar-refractivity contribution in [2.75, 3.05) is 11.0 Å². The van der Waals surface area contributed by atoms with Crippen molar-refractivity contribution in [2.45, 2.75) is 19.8 Å². The van der Waals surface area contributed by atoms with E-state index in [1.165, 1.54) is 18.2 Å². The van der Waals surface area contributed by atoms with Crippen LogP contribution in [0, 0.1) is 17.0 Å². The van der Waals surface area contributed by atoms with E-state index in [1.807, 2.05) is 0 Å². The fourth-order valence-electron chi connectivity index (χ4n) is 1.53. The van der Waals surface area contributed by atoms with Gasteiger partial charge in [0, 0.05) is 24.2 Å². The number of nitro benzene ring substituents is 1. The standard InChI is InChI=1S/C12H15IN2O3/c1-9-8-10(15(17)18)4-5-11(9)12(16)14-7-3-2-6-13/h4-5,8H,2-3,6-7H2,1H3,(H,14,16). The lowest BCUT2D eigenvalue weighted by Crippen LogP contribution is -2.25. The third kappa shape index (κ3) is 4.25. The van der Waals surface area contributed by atoms with Crippen molar-refractivity contribution in [2.24, 2.45) is 0 Å². The van der Waals surface area contributed by atoms with Crippen LogP contribution in [0.3, 0.4) is 0 Å². The molecule has 1 aromatic carbocycles. The van der Waals surface area contributed by atoms with Gasteiger partial charge in [-0.05, 0) is 35.8 Å². The molecule has 0 saturated heterocycles. The first-order chi connectivity index (χ1) is 8.56. The Kier molecular flexibility index (Phi) is 6.03. The van der Waals surface area contributed by atoms with Crippen molar-refractivity contribution >= 4 is 34.2 Å². The fourth-order valence-corrected chi connectivity index (χ4v) is 2.07. The van der Waals surface area contributed by atoms with Crippen molar-refractivity contribution in [3.63, 3.8) is 0 Å². The minimum absolute atomic E-state index is 0.00830. The molecule has 1 amide bonds. The van der Waals surface area contributed by atoms with E-state index in [4.69, 9.17) is 0 Å². The van der Waals surface area contributed by atoms with Gasteiger partial charge >= 0.3 is 0 Å². The molecule has 0 saturated carbocycles. The molecule has 6 heteroatoms. The number of carbonyl (C=O) groups is 1. The van der Waals surface area contributed by atoms with Crippen LogP contribution in [0.25, 0.3) is 0 Å². The van der Waals surface area contributed by atoms with E-state index in [9.17, 15) is 14.9 Å². The maximum atomic E-state index is 11.8. The average molecular weight is 362 g/mol. The molecule has 18 heavy (non-hydrogen) atoms. The second-order valence-electron chi connectivity index (χ2n) is 3.91. The molecule has 1 aromatic rings. The lowest BCUT2D eigenvalue weighted by Gasteiger charge is -2.07. The normalized spacial score (nSPS) is 10.1. The Bertz CT molecular complexity index is 449. The van der Waals surface area contributed by atoms with Crippen molar-refractivity contribution in [1.29, 1.82) is 0 Å². The number of amides is 1. The Labute approximate surface area is 119 Å². The summed E-state index contributed by atoms with van der Waals surface area (Å²) in [5.74, 6) is -0.171. The van der Waals surface area contributed by atoms with Crippen LogP contribution >= 0.6 is 22.6 Å². The number of carbonyl (C=O) groups excluding carboxylic acids is 1. The van der Waals surface area contributed by atoms with E-state index < -0.39 is 4.92 Å². The van der Waals surface area contributed by atoms with Crippen LogP contribution in [-0.4, -0.2) is 21.8 Å². The SMILES string of the molecule is Cc1cc([N+](=O)[O-])ccc1C(=O)NCCCCI. The minimum atomic E-state index is -0.463. The number of nitrogens with one attached hydrogen (secondary N) is 1. The second kappa shape index (κ2) is 7.30. The molecule has 0 aliphatic heterocycles. The van der Waals surface area contributed by atoms with E-state index in [-0.39, 0.29) is 11.6 Å². The Balaban J connectivity index is 2.66. The summed E-state index contributed by atoms with van der Waals surface area (Å²) >= 11 is 2.29. The highest BCUT2D eigenvalue weighted by molar-refractivity contribution is 14.1. The smallest absolute Gasteiger partial charge is 0.269 e. The van der Waals surface area contributed by atoms with Gasteiger partial charge in [-0.25, -0.2) is 0 Å². The molecule has 0 aromatic heterocycles. The van der Waals surface area contributed by atoms with Gasteiger partial charge in [0.05, 0.1) is 4.92 Å².